The smallest absolute Gasteiger partial charge is 0.331 e. The summed E-state index contributed by atoms with van der Waals surface area (Å²) in [6.45, 7) is 5.20. The van der Waals surface area contributed by atoms with Crippen LogP contribution in [-0.2, 0) is 9.53 Å². The van der Waals surface area contributed by atoms with Crippen molar-refractivity contribution in [2.75, 3.05) is 6.61 Å². The number of aryl methyl sites for hydroxylation is 2. The zero-order valence-corrected chi connectivity index (χ0v) is 15.5. The van der Waals surface area contributed by atoms with Gasteiger partial charge in [0.2, 0.25) is 5.78 Å². The molecule has 134 valence electrons. The van der Waals surface area contributed by atoms with Crippen molar-refractivity contribution in [1.82, 2.24) is 9.72 Å². The molecule has 0 aliphatic rings. The molecule has 0 radical (unpaired) electrons. The summed E-state index contributed by atoms with van der Waals surface area (Å²) < 4.78 is 12.0. The van der Waals surface area contributed by atoms with Crippen LogP contribution >= 0.6 is 11.3 Å². The van der Waals surface area contributed by atoms with Gasteiger partial charge in [0, 0.05) is 34.0 Å². The molecular weight excluding hydrogens is 352 g/mol. The second-order valence-electron chi connectivity index (χ2n) is 5.80. The predicted octanol–water partition coefficient (Wildman–Crippen LogP) is 3.89. The summed E-state index contributed by atoms with van der Waals surface area (Å²) in [6, 6.07) is 7.34. The van der Waals surface area contributed by atoms with Gasteiger partial charge in [0.05, 0.1) is 0 Å². The molecule has 0 N–H and O–H groups in total. The SMILES string of the molecule is Cc1cc(-n2c(C)cc(C(=O)COC(=O)/C=C/c3cccs3)c2C)no1. The zero-order chi connectivity index (χ0) is 18.7. The van der Waals surface area contributed by atoms with Crippen LogP contribution in [0.15, 0.2) is 40.2 Å². The molecule has 0 aliphatic heterocycles. The number of hydrogen-bond donors (Lipinski definition) is 0. The maximum Gasteiger partial charge on any atom is 0.331 e. The summed E-state index contributed by atoms with van der Waals surface area (Å²) in [5.74, 6) is 0.495. The Hall–Kier alpha value is -2.93. The lowest BCUT2D eigenvalue weighted by atomic mass is 10.1. The lowest BCUT2D eigenvalue weighted by molar-refractivity contribution is -0.136. The zero-order valence-electron chi connectivity index (χ0n) is 14.7. The molecule has 3 aromatic heterocycles. The second kappa shape index (κ2) is 7.53. The standard InChI is InChI=1S/C19H18N2O4S/c1-12-9-16(14(3)21(12)18-10-13(2)25-20-18)17(22)11-24-19(23)7-6-15-5-4-8-26-15/h4-10H,11H2,1-3H3/b7-6+. The number of carbonyl (C=O) groups is 2. The molecule has 0 bridgehead atoms. The van der Waals surface area contributed by atoms with Crippen LogP contribution in [0, 0.1) is 20.8 Å². The normalized spacial score (nSPS) is 11.2. The fourth-order valence-corrected chi connectivity index (χ4v) is 3.27. The molecule has 6 nitrogen and oxygen atoms in total. The summed E-state index contributed by atoms with van der Waals surface area (Å²) in [6.07, 6.45) is 2.98. The van der Waals surface area contributed by atoms with Crippen molar-refractivity contribution in [2.45, 2.75) is 20.8 Å². The van der Waals surface area contributed by atoms with E-state index in [1.165, 1.54) is 17.4 Å². The quantitative estimate of drug-likeness (QED) is 0.374. The number of rotatable bonds is 6. The molecule has 0 aromatic carbocycles. The van der Waals surface area contributed by atoms with Gasteiger partial charge in [-0.1, -0.05) is 11.2 Å². The lowest BCUT2D eigenvalue weighted by Gasteiger charge is -2.05. The summed E-state index contributed by atoms with van der Waals surface area (Å²) in [5, 5.41) is 5.90. The molecule has 0 aliphatic carbocycles. The highest BCUT2D eigenvalue weighted by Crippen LogP contribution is 2.21. The number of ketones is 1. The third kappa shape index (κ3) is 3.83. The van der Waals surface area contributed by atoms with Crippen LogP contribution in [0.5, 0.6) is 0 Å². The number of aromatic nitrogens is 2. The van der Waals surface area contributed by atoms with Crippen molar-refractivity contribution in [3.63, 3.8) is 0 Å². The summed E-state index contributed by atoms with van der Waals surface area (Å²) in [4.78, 5) is 25.2. The highest BCUT2D eigenvalue weighted by Gasteiger charge is 2.19. The summed E-state index contributed by atoms with van der Waals surface area (Å²) in [5.41, 5.74) is 2.08. The number of ether oxygens (including phenoxy) is 1. The Kier molecular flexibility index (Phi) is 5.18. The molecule has 0 unspecified atom stereocenters. The first-order valence-electron chi connectivity index (χ1n) is 8.00. The number of Topliss-reactive ketones (excluding diaryl/α,β-unsaturated/α-hetero) is 1. The van der Waals surface area contributed by atoms with Gasteiger partial charge in [0.15, 0.2) is 12.4 Å². The van der Waals surface area contributed by atoms with Crippen molar-refractivity contribution in [1.29, 1.82) is 0 Å². The van der Waals surface area contributed by atoms with E-state index in [1.807, 2.05) is 35.9 Å². The Morgan fingerprint density at radius 3 is 2.77 bits per heavy atom. The Bertz CT molecular complexity index is 964. The molecule has 0 amide bonds. The monoisotopic (exact) mass is 370 g/mol. The van der Waals surface area contributed by atoms with Gasteiger partial charge in [0.1, 0.15) is 5.76 Å². The molecule has 0 fully saturated rings. The first kappa shape index (κ1) is 17.9. The molecule has 0 spiro atoms. The molecular formula is C19H18N2O4S. The first-order valence-corrected chi connectivity index (χ1v) is 8.88. The Labute approximate surface area is 154 Å². The van der Waals surface area contributed by atoms with Gasteiger partial charge < -0.3 is 9.26 Å². The van der Waals surface area contributed by atoms with E-state index in [2.05, 4.69) is 5.16 Å². The van der Waals surface area contributed by atoms with Crippen LogP contribution in [-0.4, -0.2) is 28.1 Å². The average molecular weight is 370 g/mol. The number of esters is 1. The Morgan fingerprint density at radius 1 is 1.31 bits per heavy atom. The van der Waals surface area contributed by atoms with Crippen molar-refractivity contribution in [3.05, 3.63) is 63.3 Å². The number of hydrogen-bond acceptors (Lipinski definition) is 6. The van der Waals surface area contributed by atoms with Crippen LogP contribution in [0.25, 0.3) is 11.9 Å². The fraction of sp³-hybridized carbons (Fsp3) is 0.211. The Morgan fingerprint density at radius 2 is 2.12 bits per heavy atom. The lowest BCUT2D eigenvalue weighted by Crippen LogP contribution is -2.13. The molecule has 0 saturated heterocycles. The minimum absolute atomic E-state index is 0.262. The second-order valence-corrected chi connectivity index (χ2v) is 6.77. The minimum atomic E-state index is -0.548. The van der Waals surface area contributed by atoms with Crippen molar-refractivity contribution < 1.29 is 18.8 Å². The van der Waals surface area contributed by atoms with E-state index in [-0.39, 0.29) is 12.4 Å². The van der Waals surface area contributed by atoms with Crippen molar-refractivity contribution in [2.24, 2.45) is 0 Å². The van der Waals surface area contributed by atoms with E-state index in [4.69, 9.17) is 9.26 Å². The van der Waals surface area contributed by atoms with Gasteiger partial charge in [-0.05, 0) is 44.4 Å². The molecule has 26 heavy (non-hydrogen) atoms. The van der Waals surface area contributed by atoms with E-state index in [0.717, 1.165) is 16.3 Å². The van der Waals surface area contributed by atoms with Crippen LogP contribution < -0.4 is 0 Å². The van der Waals surface area contributed by atoms with Crippen molar-refractivity contribution >= 4 is 29.2 Å². The van der Waals surface area contributed by atoms with E-state index in [1.54, 1.807) is 25.1 Å². The average Bonchev–Trinajstić information content (AvgIpc) is 3.32. The highest BCUT2D eigenvalue weighted by atomic mass is 32.1. The van der Waals surface area contributed by atoms with Crippen LogP contribution in [0.4, 0.5) is 0 Å². The highest BCUT2D eigenvalue weighted by molar-refractivity contribution is 7.10. The largest absolute Gasteiger partial charge is 0.454 e. The van der Waals surface area contributed by atoms with Crippen molar-refractivity contribution in [3.8, 4) is 5.82 Å². The molecule has 0 atom stereocenters. The van der Waals surface area contributed by atoms with Gasteiger partial charge in [-0.2, -0.15) is 0 Å². The molecule has 0 saturated carbocycles. The minimum Gasteiger partial charge on any atom is -0.454 e. The first-order chi connectivity index (χ1) is 12.5. The van der Waals surface area contributed by atoms with Crippen LogP contribution in [0.3, 0.4) is 0 Å². The molecule has 3 rings (SSSR count). The van der Waals surface area contributed by atoms with Crippen LogP contribution in [0.1, 0.15) is 32.4 Å². The van der Waals surface area contributed by atoms with E-state index >= 15 is 0 Å². The van der Waals surface area contributed by atoms with E-state index in [9.17, 15) is 9.59 Å². The maximum atomic E-state index is 12.4. The van der Waals surface area contributed by atoms with Gasteiger partial charge in [-0.25, -0.2) is 4.79 Å². The molecule has 3 heterocycles. The Balaban J connectivity index is 1.68. The third-order valence-electron chi connectivity index (χ3n) is 3.85. The molecule has 3 aromatic rings. The topological polar surface area (TPSA) is 74.3 Å². The summed E-state index contributed by atoms with van der Waals surface area (Å²) in [7, 11) is 0. The number of carbonyl (C=O) groups excluding carboxylic acids is 2. The maximum absolute atomic E-state index is 12.4. The number of nitrogens with zero attached hydrogens (tertiary/aromatic N) is 2. The van der Waals surface area contributed by atoms with Gasteiger partial charge in [0.25, 0.3) is 0 Å². The van der Waals surface area contributed by atoms with E-state index in [0.29, 0.717) is 17.1 Å². The van der Waals surface area contributed by atoms with Crippen LogP contribution in [0.2, 0.25) is 0 Å². The molecule has 7 heteroatoms. The fourth-order valence-electron chi connectivity index (χ4n) is 2.66. The van der Waals surface area contributed by atoms with Gasteiger partial charge in [-0.3, -0.25) is 9.36 Å². The van der Waals surface area contributed by atoms with Gasteiger partial charge >= 0.3 is 5.97 Å². The predicted molar refractivity (Wildman–Crippen MR) is 98.7 cm³/mol. The third-order valence-corrected chi connectivity index (χ3v) is 4.69. The van der Waals surface area contributed by atoms with E-state index < -0.39 is 5.97 Å². The van der Waals surface area contributed by atoms with Gasteiger partial charge in [-0.15, -0.1) is 11.3 Å². The number of thiophene rings is 1. The summed E-state index contributed by atoms with van der Waals surface area (Å²) >= 11 is 1.51.